The highest BCUT2D eigenvalue weighted by atomic mass is 32.1. The highest BCUT2D eigenvalue weighted by Gasteiger charge is 2.21. The first-order valence-electron chi connectivity index (χ1n) is 6.88. The average Bonchev–Trinajstić information content (AvgIpc) is 2.97. The second-order valence-electron chi connectivity index (χ2n) is 6.05. The van der Waals surface area contributed by atoms with Gasteiger partial charge in [0.25, 0.3) is 0 Å². The topological polar surface area (TPSA) is 61.9 Å². The Kier molecular flexibility index (Phi) is 4.34. The molecule has 0 aromatic carbocycles. The zero-order valence-corrected chi connectivity index (χ0v) is 14.2. The molecule has 21 heavy (non-hydrogen) atoms. The Morgan fingerprint density at radius 3 is 2.62 bits per heavy atom. The van der Waals surface area contributed by atoms with Crippen molar-refractivity contribution in [2.45, 2.75) is 52.8 Å². The first-order valence-corrected chi connectivity index (χ1v) is 7.76. The Morgan fingerprint density at radius 2 is 2.10 bits per heavy atom. The minimum absolute atomic E-state index is 0.0288. The standard InChI is InChI=1S/C14H22N4O2S/c1-9(20-6)12-15-11(8-21-12)7-17-10(2)16-18(13(17)19)14(3,4)5/h8-9H,7H2,1-6H3. The second kappa shape index (κ2) is 5.73. The minimum atomic E-state index is -0.328. The lowest BCUT2D eigenvalue weighted by molar-refractivity contribution is 0.119. The van der Waals surface area contributed by atoms with E-state index in [1.165, 1.54) is 4.68 Å². The number of rotatable bonds is 4. The van der Waals surface area contributed by atoms with E-state index >= 15 is 0 Å². The third-order valence-electron chi connectivity index (χ3n) is 3.27. The van der Waals surface area contributed by atoms with Gasteiger partial charge in [0.05, 0.1) is 17.8 Å². The van der Waals surface area contributed by atoms with E-state index in [2.05, 4.69) is 10.1 Å². The first kappa shape index (κ1) is 15.9. The van der Waals surface area contributed by atoms with Gasteiger partial charge in [-0.05, 0) is 34.6 Å². The molecule has 7 heteroatoms. The molecule has 0 N–H and O–H groups in total. The number of methoxy groups -OCH3 is 1. The summed E-state index contributed by atoms with van der Waals surface area (Å²) >= 11 is 1.55. The van der Waals surface area contributed by atoms with Gasteiger partial charge >= 0.3 is 5.69 Å². The summed E-state index contributed by atoms with van der Waals surface area (Å²) in [6.45, 7) is 10.1. The number of hydrogen-bond donors (Lipinski definition) is 0. The summed E-state index contributed by atoms with van der Waals surface area (Å²) in [5.41, 5.74) is 0.428. The van der Waals surface area contributed by atoms with Crippen molar-refractivity contribution < 1.29 is 4.74 Å². The van der Waals surface area contributed by atoms with Crippen LogP contribution < -0.4 is 5.69 Å². The fourth-order valence-corrected chi connectivity index (χ4v) is 2.80. The lowest BCUT2D eigenvalue weighted by atomic mass is 10.1. The van der Waals surface area contributed by atoms with Crippen molar-refractivity contribution >= 4 is 11.3 Å². The van der Waals surface area contributed by atoms with E-state index in [0.29, 0.717) is 12.4 Å². The molecule has 0 aliphatic heterocycles. The Hall–Kier alpha value is -1.47. The summed E-state index contributed by atoms with van der Waals surface area (Å²) in [4.78, 5) is 17.0. The molecule has 0 bridgehead atoms. The van der Waals surface area contributed by atoms with Crippen LogP contribution >= 0.6 is 11.3 Å². The van der Waals surface area contributed by atoms with Gasteiger partial charge in [-0.25, -0.2) is 14.5 Å². The molecule has 0 fully saturated rings. The summed E-state index contributed by atoms with van der Waals surface area (Å²) in [5.74, 6) is 0.698. The quantitative estimate of drug-likeness (QED) is 0.869. The molecule has 2 aromatic rings. The molecule has 2 heterocycles. The van der Waals surface area contributed by atoms with Gasteiger partial charge in [0.15, 0.2) is 0 Å². The fourth-order valence-electron chi connectivity index (χ4n) is 1.96. The molecule has 1 unspecified atom stereocenters. The van der Waals surface area contributed by atoms with Gasteiger partial charge in [0, 0.05) is 12.5 Å². The zero-order valence-electron chi connectivity index (χ0n) is 13.4. The fraction of sp³-hybridized carbons (Fsp3) is 0.643. The highest BCUT2D eigenvalue weighted by molar-refractivity contribution is 7.09. The molecule has 2 aromatic heterocycles. The first-order chi connectivity index (χ1) is 9.74. The van der Waals surface area contributed by atoms with Crippen LogP contribution in [0.2, 0.25) is 0 Å². The van der Waals surface area contributed by atoms with Gasteiger partial charge in [-0.2, -0.15) is 5.10 Å². The van der Waals surface area contributed by atoms with Gasteiger partial charge in [-0.3, -0.25) is 4.57 Å². The monoisotopic (exact) mass is 310 g/mol. The normalized spacial score (nSPS) is 13.6. The molecule has 0 spiro atoms. The molecule has 0 saturated carbocycles. The van der Waals surface area contributed by atoms with Gasteiger partial charge in [0.1, 0.15) is 16.9 Å². The number of aromatic nitrogens is 4. The Balaban J connectivity index is 2.30. The second-order valence-corrected chi connectivity index (χ2v) is 6.94. The van der Waals surface area contributed by atoms with Crippen molar-refractivity contribution in [2.24, 2.45) is 0 Å². The Morgan fingerprint density at radius 1 is 1.43 bits per heavy atom. The van der Waals surface area contributed by atoms with Crippen molar-refractivity contribution in [2.75, 3.05) is 7.11 Å². The van der Waals surface area contributed by atoms with Crippen molar-refractivity contribution in [1.29, 1.82) is 0 Å². The lowest BCUT2D eigenvalue weighted by Crippen LogP contribution is -2.36. The van der Waals surface area contributed by atoms with Gasteiger partial charge in [-0.15, -0.1) is 11.3 Å². The maximum absolute atomic E-state index is 12.5. The van der Waals surface area contributed by atoms with Crippen LogP contribution in [0.4, 0.5) is 0 Å². The summed E-state index contributed by atoms with van der Waals surface area (Å²) in [5, 5.41) is 7.24. The van der Waals surface area contributed by atoms with E-state index in [4.69, 9.17) is 4.74 Å². The van der Waals surface area contributed by atoms with Gasteiger partial charge in [-0.1, -0.05) is 0 Å². The van der Waals surface area contributed by atoms with E-state index in [9.17, 15) is 4.79 Å². The van der Waals surface area contributed by atoms with E-state index in [1.807, 2.05) is 40.0 Å². The predicted molar refractivity (Wildman–Crippen MR) is 82.9 cm³/mol. The third kappa shape index (κ3) is 3.24. The van der Waals surface area contributed by atoms with Gasteiger partial charge in [0.2, 0.25) is 0 Å². The molecule has 116 valence electrons. The van der Waals surface area contributed by atoms with Crippen LogP contribution in [-0.2, 0) is 16.8 Å². The third-order valence-corrected chi connectivity index (χ3v) is 4.33. The smallest absolute Gasteiger partial charge is 0.346 e. The van der Waals surface area contributed by atoms with E-state index in [1.54, 1.807) is 23.0 Å². The summed E-state index contributed by atoms with van der Waals surface area (Å²) < 4.78 is 8.43. The molecule has 2 rings (SSSR count). The van der Waals surface area contributed by atoms with Crippen LogP contribution in [0.5, 0.6) is 0 Å². The van der Waals surface area contributed by atoms with Crippen LogP contribution in [0.25, 0.3) is 0 Å². The van der Waals surface area contributed by atoms with Crippen LogP contribution in [0.15, 0.2) is 10.2 Å². The van der Waals surface area contributed by atoms with E-state index in [0.717, 1.165) is 10.7 Å². The molecule has 6 nitrogen and oxygen atoms in total. The van der Waals surface area contributed by atoms with Crippen LogP contribution in [-0.4, -0.2) is 26.4 Å². The largest absolute Gasteiger partial charge is 0.375 e. The van der Waals surface area contributed by atoms with Crippen LogP contribution in [0, 0.1) is 6.92 Å². The molecule has 0 radical (unpaired) electrons. The number of ether oxygens (including phenoxy) is 1. The molecule has 1 atom stereocenters. The molecular weight excluding hydrogens is 288 g/mol. The van der Waals surface area contributed by atoms with Crippen LogP contribution in [0.1, 0.15) is 50.3 Å². The SMILES string of the molecule is COC(C)c1nc(Cn2c(C)nn(C(C)(C)C)c2=O)cs1. The predicted octanol–water partition coefficient (Wildman–Crippen LogP) is 2.32. The van der Waals surface area contributed by atoms with Crippen molar-refractivity contribution in [1.82, 2.24) is 19.3 Å². The van der Waals surface area contributed by atoms with Crippen LogP contribution in [0.3, 0.4) is 0 Å². The molecule has 0 saturated heterocycles. The van der Waals surface area contributed by atoms with Gasteiger partial charge < -0.3 is 4.74 Å². The van der Waals surface area contributed by atoms with Crippen molar-refractivity contribution in [3.05, 3.63) is 32.4 Å². The molecule has 0 aliphatic carbocycles. The van der Waals surface area contributed by atoms with Crippen molar-refractivity contribution in [3.63, 3.8) is 0 Å². The summed E-state index contributed by atoms with van der Waals surface area (Å²) in [6.07, 6.45) is -0.0288. The van der Waals surface area contributed by atoms with Crippen molar-refractivity contribution in [3.8, 4) is 0 Å². The molecule has 0 amide bonds. The number of thiazole rings is 1. The Labute approximate surface area is 128 Å². The maximum Gasteiger partial charge on any atom is 0.346 e. The molecular formula is C14H22N4O2S. The highest BCUT2D eigenvalue weighted by Crippen LogP contribution is 2.20. The lowest BCUT2D eigenvalue weighted by Gasteiger charge is -2.16. The molecule has 0 aliphatic rings. The summed E-state index contributed by atoms with van der Waals surface area (Å²) in [6, 6.07) is 0. The summed E-state index contributed by atoms with van der Waals surface area (Å²) in [7, 11) is 1.66. The maximum atomic E-state index is 12.5. The van der Waals surface area contributed by atoms with E-state index < -0.39 is 0 Å². The zero-order chi connectivity index (χ0) is 15.8. The number of aryl methyl sites for hydroxylation is 1. The average molecular weight is 310 g/mol. The Bertz CT molecular complexity index is 678. The minimum Gasteiger partial charge on any atom is -0.375 e. The van der Waals surface area contributed by atoms with E-state index in [-0.39, 0.29) is 17.3 Å². The number of nitrogens with zero attached hydrogens (tertiary/aromatic N) is 4. The number of hydrogen-bond acceptors (Lipinski definition) is 5.